The number of nitrogens with zero attached hydrogens (tertiary/aromatic N) is 2. The van der Waals surface area contributed by atoms with Gasteiger partial charge in [0.15, 0.2) is 0 Å². The third kappa shape index (κ3) is 2.97. The molecule has 0 aliphatic rings. The molecule has 0 saturated carbocycles. The number of benzene rings is 1. The van der Waals surface area contributed by atoms with Crippen molar-refractivity contribution in [2.75, 3.05) is 0 Å². The summed E-state index contributed by atoms with van der Waals surface area (Å²) < 4.78 is 20.8. The van der Waals surface area contributed by atoms with Crippen molar-refractivity contribution in [1.82, 2.24) is 9.38 Å². The van der Waals surface area contributed by atoms with Crippen LogP contribution in [0.2, 0.25) is 0 Å². The van der Waals surface area contributed by atoms with Crippen LogP contribution in [0.1, 0.15) is 21.1 Å². The van der Waals surface area contributed by atoms with Gasteiger partial charge in [-0.3, -0.25) is 9.20 Å². The normalized spacial score (nSPS) is 11.2. The average molecular weight is 368 g/mol. The Bertz CT molecular complexity index is 1210. The van der Waals surface area contributed by atoms with Gasteiger partial charge in [0, 0.05) is 16.5 Å². The predicted octanol–water partition coefficient (Wildman–Crippen LogP) is 3.71. The number of thiophene rings is 1. The number of aryl methyl sites for hydroxylation is 1. The summed E-state index contributed by atoms with van der Waals surface area (Å²) in [5, 5.41) is 0.652. The number of fused-ring (bicyclic) bond motifs is 2. The Morgan fingerprint density at radius 1 is 1.23 bits per heavy atom. The first-order valence-corrected chi connectivity index (χ1v) is 8.67. The summed E-state index contributed by atoms with van der Waals surface area (Å²) in [7, 11) is 0. The molecule has 26 heavy (non-hydrogen) atoms. The zero-order valence-electron chi connectivity index (χ0n) is 13.7. The molecular formula is C19H13FN2O3S. The van der Waals surface area contributed by atoms with Gasteiger partial charge in [-0.25, -0.2) is 14.2 Å². The van der Waals surface area contributed by atoms with Gasteiger partial charge >= 0.3 is 5.97 Å². The molecule has 3 heterocycles. The van der Waals surface area contributed by atoms with Gasteiger partial charge in [-0.1, -0.05) is 6.07 Å². The molecule has 0 amide bonds. The van der Waals surface area contributed by atoms with Crippen LogP contribution < -0.4 is 5.56 Å². The molecule has 5 nitrogen and oxygen atoms in total. The van der Waals surface area contributed by atoms with Crippen LogP contribution in [-0.2, 0) is 11.3 Å². The first-order valence-electron chi connectivity index (χ1n) is 7.86. The third-order valence-corrected chi connectivity index (χ3v) is 5.06. The van der Waals surface area contributed by atoms with E-state index in [1.165, 1.54) is 33.9 Å². The molecule has 130 valence electrons. The lowest BCUT2D eigenvalue weighted by Gasteiger charge is -2.07. The second kappa shape index (κ2) is 6.34. The molecule has 0 bridgehead atoms. The topological polar surface area (TPSA) is 60.7 Å². The Morgan fingerprint density at radius 2 is 2.08 bits per heavy atom. The molecule has 7 heteroatoms. The summed E-state index contributed by atoms with van der Waals surface area (Å²) in [5.41, 5.74) is 1.43. The molecule has 0 aliphatic carbocycles. The molecule has 4 aromatic rings. The van der Waals surface area contributed by atoms with Crippen molar-refractivity contribution >= 4 is 33.0 Å². The van der Waals surface area contributed by atoms with E-state index in [9.17, 15) is 14.0 Å². The molecule has 0 unspecified atom stereocenters. The summed E-state index contributed by atoms with van der Waals surface area (Å²) >= 11 is 1.23. The van der Waals surface area contributed by atoms with Crippen LogP contribution in [0.15, 0.2) is 53.3 Å². The van der Waals surface area contributed by atoms with Gasteiger partial charge in [-0.2, -0.15) is 0 Å². The third-order valence-electron chi connectivity index (χ3n) is 3.96. The Balaban J connectivity index is 1.57. The fraction of sp³-hybridized carbons (Fsp3) is 0.105. The Kier molecular flexibility index (Phi) is 4.00. The predicted molar refractivity (Wildman–Crippen MR) is 97.1 cm³/mol. The molecule has 0 atom stereocenters. The van der Waals surface area contributed by atoms with E-state index in [4.69, 9.17) is 4.74 Å². The van der Waals surface area contributed by atoms with Crippen molar-refractivity contribution in [1.29, 1.82) is 0 Å². The Labute approximate surface area is 151 Å². The van der Waals surface area contributed by atoms with E-state index in [1.54, 1.807) is 18.2 Å². The number of rotatable bonds is 3. The highest BCUT2D eigenvalue weighted by atomic mass is 32.1. The van der Waals surface area contributed by atoms with Crippen molar-refractivity contribution in [2.24, 2.45) is 0 Å². The maximum Gasteiger partial charge on any atom is 0.348 e. The molecule has 0 aliphatic heterocycles. The molecule has 0 spiro atoms. The Hall–Kier alpha value is -3.06. The molecule has 0 saturated heterocycles. The molecule has 4 rings (SSSR count). The van der Waals surface area contributed by atoms with Gasteiger partial charge in [0.05, 0.1) is 5.69 Å². The largest absolute Gasteiger partial charge is 0.455 e. The number of carbonyl (C=O) groups excluding carboxylic acids is 1. The van der Waals surface area contributed by atoms with Gasteiger partial charge in [0.2, 0.25) is 0 Å². The van der Waals surface area contributed by atoms with Crippen molar-refractivity contribution < 1.29 is 13.9 Å². The smallest absolute Gasteiger partial charge is 0.348 e. The van der Waals surface area contributed by atoms with E-state index in [-0.39, 0.29) is 18.0 Å². The van der Waals surface area contributed by atoms with E-state index < -0.39 is 5.97 Å². The van der Waals surface area contributed by atoms with Gasteiger partial charge in [0.25, 0.3) is 5.56 Å². The second-order valence-corrected chi connectivity index (χ2v) is 6.90. The van der Waals surface area contributed by atoms with E-state index in [0.29, 0.717) is 21.6 Å². The van der Waals surface area contributed by atoms with Crippen molar-refractivity contribution in [2.45, 2.75) is 13.5 Å². The molecular weight excluding hydrogens is 355 g/mol. The summed E-state index contributed by atoms with van der Waals surface area (Å²) in [6, 6.07) is 12.6. The van der Waals surface area contributed by atoms with Gasteiger partial charge < -0.3 is 4.74 Å². The quantitative estimate of drug-likeness (QED) is 0.517. The molecule has 1 aromatic carbocycles. The minimum Gasteiger partial charge on any atom is -0.455 e. The van der Waals surface area contributed by atoms with Gasteiger partial charge in [-0.15, -0.1) is 11.3 Å². The number of hydrogen-bond acceptors (Lipinski definition) is 5. The van der Waals surface area contributed by atoms with Crippen LogP contribution in [-0.4, -0.2) is 15.4 Å². The van der Waals surface area contributed by atoms with Crippen LogP contribution in [0.4, 0.5) is 4.39 Å². The van der Waals surface area contributed by atoms with Crippen LogP contribution in [0.3, 0.4) is 0 Å². The SMILES string of the molecule is Cc1cccc2nc(COC(=O)c3cc4cc(F)ccc4s3)cc(=O)n12. The highest BCUT2D eigenvalue weighted by Gasteiger charge is 2.13. The van der Waals surface area contributed by atoms with E-state index in [1.807, 2.05) is 19.1 Å². The first-order chi connectivity index (χ1) is 12.5. The van der Waals surface area contributed by atoms with E-state index in [2.05, 4.69) is 4.98 Å². The van der Waals surface area contributed by atoms with Crippen molar-refractivity contribution in [3.8, 4) is 0 Å². The average Bonchev–Trinajstić information content (AvgIpc) is 3.02. The maximum absolute atomic E-state index is 13.3. The van der Waals surface area contributed by atoms with Crippen molar-refractivity contribution in [3.05, 3.63) is 81.0 Å². The summed E-state index contributed by atoms with van der Waals surface area (Å²) in [5.74, 6) is -0.885. The van der Waals surface area contributed by atoms with Crippen LogP contribution in [0, 0.1) is 12.7 Å². The number of halogens is 1. The lowest BCUT2D eigenvalue weighted by molar-refractivity contribution is 0.0473. The fourth-order valence-electron chi connectivity index (χ4n) is 2.76. The fourth-order valence-corrected chi connectivity index (χ4v) is 3.70. The Morgan fingerprint density at radius 3 is 2.92 bits per heavy atom. The highest BCUT2D eigenvalue weighted by molar-refractivity contribution is 7.20. The zero-order valence-corrected chi connectivity index (χ0v) is 14.5. The lowest BCUT2D eigenvalue weighted by atomic mass is 10.2. The second-order valence-electron chi connectivity index (χ2n) is 5.82. The number of aromatic nitrogens is 2. The highest BCUT2D eigenvalue weighted by Crippen LogP contribution is 2.27. The maximum atomic E-state index is 13.3. The standard InChI is InChI=1S/C19H13FN2O3S/c1-11-3-2-4-17-21-14(9-18(23)22(11)17)10-25-19(24)16-8-12-7-13(20)5-6-15(12)26-16/h2-9H,10H2,1H3. The molecule has 0 fully saturated rings. The van der Waals surface area contributed by atoms with Gasteiger partial charge in [0.1, 0.15) is 22.9 Å². The van der Waals surface area contributed by atoms with Gasteiger partial charge in [-0.05, 0) is 48.7 Å². The van der Waals surface area contributed by atoms with Crippen LogP contribution in [0.5, 0.6) is 0 Å². The van der Waals surface area contributed by atoms with E-state index >= 15 is 0 Å². The summed E-state index contributed by atoms with van der Waals surface area (Å²) in [6.45, 7) is 1.71. The molecule has 3 aromatic heterocycles. The number of hydrogen-bond donors (Lipinski definition) is 0. The first kappa shape index (κ1) is 16.4. The number of esters is 1. The van der Waals surface area contributed by atoms with E-state index in [0.717, 1.165) is 10.4 Å². The zero-order chi connectivity index (χ0) is 18.3. The lowest BCUT2D eigenvalue weighted by Crippen LogP contribution is -2.18. The summed E-state index contributed by atoms with van der Waals surface area (Å²) in [4.78, 5) is 29.2. The number of carbonyl (C=O) groups is 1. The molecule has 0 N–H and O–H groups in total. The van der Waals surface area contributed by atoms with Crippen LogP contribution in [0.25, 0.3) is 15.7 Å². The molecule has 0 radical (unpaired) electrons. The summed E-state index contributed by atoms with van der Waals surface area (Å²) in [6.07, 6.45) is 0. The minimum absolute atomic E-state index is 0.110. The number of ether oxygens (including phenoxy) is 1. The monoisotopic (exact) mass is 368 g/mol. The van der Waals surface area contributed by atoms with Crippen LogP contribution >= 0.6 is 11.3 Å². The minimum atomic E-state index is -0.530. The van der Waals surface area contributed by atoms with Crippen molar-refractivity contribution in [3.63, 3.8) is 0 Å². The number of pyridine rings is 1.